The van der Waals surface area contributed by atoms with Crippen LogP contribution in [0.4, 0.5) is 4.79 Å². The van der Waals surface area contributed by atoms with Crippen molar-refractivity contribution in [3.05, 3.63) is 34.3 Å². The molecule has 0 aliphatic carbocycles. The zero-order valence-electron chi connectivity index (χ0n) is 14.3. The minimum atomic E-state index is -0.494. The Bertz CT molecular complexity index is 512. The van der Waals surface area contributed by atoms with Gasteiger partial charge in [-0.05, 0) is 65.3 Å². The van der Waals surface area contributed by atoms with Gasteiger partial charge in [-0.15, -0.1) is 0 Å². The number of benzene rings is 1. The second-order valence-electron chi connectivity index (χ2n) is 6.62. The molecule has 0 saturated carbocycles. The van der Waals surface area contributed by atoms with Crippen LogP contribution in [0.2, 0.25) is 5.02 Å². The summed E-state index contributed by atoms with van der Waals surface area (Å²) in [7, 11) is 1.89. The summed E-state index contributed by atoms with van der Waals surface area (Å²) < 4.78 is 5.29. The van der Waals surface area contributed by atoms with Crippen LogP contribution in [0.1, 0.15) is 38.8 Å². The lowest BCUT2D eigenvalue weighted by Gasteiger charge is -2.27. The molecule has 0 aromatic heterocycles. The Morgan fingerprint density at radius 1 is 1.36 bits per heavy atom. The lowest BCUT2D eigenvalue weighted by Crippen LogP contribution is -2.49. The van der Waals surface area contributed by atoms with Gasteiger partial charge in [0.15, 0.2) is 0 Å². The minimum Gasteiger partial charge on any atom is -0.444 e. The monoisotopic (exact) mass is 326 g/mol. The molecule has 1 amide bonds. The van der Waals surface area contributed by atoms with Crippen LogP contribution in [0.25, 0.3) is 0 Å². The Morgan fingerprint density at radius 3 is 2.50 bits per heavy atom. The molecule has 2 atom stereocenters. The van der Waals surface area contributed by atoms with Crippen molar-refractivity contribution < 1.29 is 9.53 Å². The molecule has 1 aromatic carbocycles. The molecule has 0 radical (unpaired) electrons. The molecule has 2 N–H and O–H groups in total. The Kier molecular flexibility index (Phi) is 6.69. The Labute approximate surface area is 138 Å². The van der Waals surface area contributed by atoms with E-state index in [0.717, 1.165) is 17.0 Å². The van der Waals surface area contributed by atoms with E-state index in [2.05, 4.69) is 16.7 Å². The van der Waals surface area contributed by atoms with Gasteiger partial charge < -0.3 is 15.4 Å². The van der Waals surface area contributed by atoms with E-state index in [0.29, 0.717) is 0 Å². The molecule has 1 rings (SSSR count). The molecular formula is C17H27ClN2O2. The van der Waals surface area contributed by atoms with Gasteiger partial charge in [-0.1, -0.05) is 23.7 Å². The molecule has 0 heterocycles. The molecule has 5 heteroatoms. The van der Waals surface area contributed by atoms with E-state index in [4.69, 9.17) is 16.3 Å². The van der Waals surface area contributed by atoms with Crippen molar-refractivity contribution in [2.45, 2.75) is 58.7 Å². The number of halogens is 1. The fourth-order valence-electron chi connectivity index (χ4n) is 2.21. The van der Waals surface area contributed by atoms with Gasteiger partial charge in [0.1, 0.15) is 5.60 Å². The van der Waals surface area contributed by atoms with Crippen molar-refractivity contribution in [1.29, 1.82) is 0 Å². The maximum atomic E-state index is 11.9. The molecule has 1 unspecified atom stereocenters. The number of carbonyl (C=O) groups is 1. The van der Waals surface area contributed by atoms with Gasteiger partial charge in [0, 0.05) is 17.1 Å². The van der Waals surface area contributed by atoms with Crippen LogP contribution < -0.4 is 10.6 Å². The Hall–Kier alpha value is -1.26. The average molecular weight is 327 g/mol. The molecule has 22 heavy (non-hydrogen) atoms. The van der Waals surface area contributed by atoms with E-state index in [9.17, 15) is 4.79 Å². The number of hydrogen-bond donors (Lipinski definition) is 2. The summed E-state index contributed by atoms with van der Waals surface area (Å²) in [5.74, 6) is 0. The number of ether oxygens (including phenoxy) is 1. The van der Waals surface area contributed by atoms with Gasteiger partial charge in [-0.3, -0.25) is 0 Å². The van der Waals surface area contributed by atoms with E-state index in [1.807, 2.05) is 53.8 Å². The highest BCUT2D eigenvalue weighted by atomic mass is 35.5. The molecule has 0 bridgehead atoms. The van der Waals surface area contributed by atoms with Crippen molar-refractivity contribution in [2.24, 2.45) is 0 Å². The predicted molar refractivity (Wildman–Crippen MR) is 91.6 cm³/mol. The lowest BCUT2D eigenvalue weighted by atomic mass is 9.99. The number of alkyl carbamates (subject to hydrolysis) is 1. The van der Waals surface area contributed by atoms with E-state index in [1.165, 1.54) is 5.56 Å². The number of rotatable bonds is 5. The molecule has 0 aliphatic heterocycles. The third-order valence-corrected chi connectivity index (χ3v) is 3.82. The molecule has 124 valence electrons. The third-order valence-electron chi connectivity index (χ3n) is 3.40. The van der Waals surface area contributed by atoms with Gasteiger partial charge in [0.2, 0.25) is 0 Å². The predicted octanol–water partition coefficient (Wildman–Crippen LogP) is 3.69. The maximum Gasteiger partial charge on any atom is 0.407 e. The Balaban J connectivity index is 2.66. The van der Waals surface area contributed by atoms with Crippen LogP contribution in [-0.4, -0.2) is 30.8 Å². The number of amides is 1. The zero-order valence-corrected chi connectivity index (χ0v) is 15.0. The molecule has 0 saturated heterocycles. The second kappa shape index (κ2) is 7.84. The molecule has 4 nitrogen and oxygen atoms in total. The highest BCUT2D eigenvalue weighted by Gasteiger charge is 2.22. The van der Waals surface area contributed by atoms with E-state index >= 15 is 0 Å². The van der Waals surface area contributed by atoms with Crippen molar-refractivity contribution in [1.82, 2.24) is 10.6 Å². The summed E-state index contributed by atoms with van der Waals surface area (Å²) in [5, 5.41) is 6.90. The van der Waals surface area contributed by atoms with Crippen LogP contribution in [-0.2, 0) is 11.2 Å². The first-order valence-corrected chi connectivity index (χ1v) is 7.92. The van der Waals surface area contributed by atoms with Gasteiger partial charge in [0.25, 0.3) is 0 Å². The highest BCUT2D eigenvalue weighted by Crippen LogP contribution is 2.18. The van der Waals surface area contributed by atoms with Gasteiger partial charge >= 0.3 is 6.09 Å². The number of aryl methyl sites for hydroxylation is 1. The van der Waals surface area contributed by atoms with Crippen molar-refractivity contribution in [2.75, 3.05) is 7.05 Å². The second-order valence-corrected chi connectivity index (χ2v) is 7.02. The van der Waals surface area contributed by atoms with Crippen molar-refractivity contribution in [3.63, 3.8) is 0 Å². The largest absolute Gasteiger partial charge is 0.444 e. The van der Waals surface area contributed by atoms with E-state index in [1.54, 1.807) is 0 Å². The first-order chi connectivity index (χ1) is 10.1. The number of nitrogens with one attached hydrogen (secondary N) is 2. The SMILES string of the molecule is CNC(Cc1ccc(Cl)c(C)c1)[C@H](C)NC(=O)OC(C)(C)C. The summed E-state index contributed by atoms with van der Waals surface area (Å²) in [5.41, 5.74) is 1.74. The minimum absolute atomic E-state index is 0.0594. The molecule has 1 aromatic rings. The fourth-order valence-corrected chi connectivity index (χ4v) is 2.33. The Morgan fingerprint density at radius 2 is 2.00 bits per heavy atom. The zero-order chi connectivity index (χ0) is 16.9. The van der Waals surface area contributed by atoms with Crippen LogP contribution in [0.5, 0.6) is 0 Å². The molecule has 0 fully saturated rings. The topological polar surface area (TPSA) is 50.4 Å². The third kappa shape index (κ3) is 6.24. The average Bonchev–Trinajstić information content (AvgIpc) is 2.37. The van der Waals surface area contributed by atoms with Crippen LogP contribution in [0.3, 0.4) is 0 Å². The summed E-state index contributed by atoms with van der Waals surface area (Å²) in [4.78, 5) is 11.9. The van der Waals surface area contributed by atoms with Crippen LogP contribution in [0.15, 0.2) is 18.2 Å². The fraction of sp³-hybridized carbons (Fsp3) is 0.588. The summed E-state index contributed by atoms with van der Waals surface area (Å²) >= 11 is 6.05. The van der Waals surface area contributed by atoms with Crippen LogP contribution >= 0.6 is 11.6 Å². The van der Waals surface area contributed by atoms with E-state index < -0.39 is 11.7 Å². The summed E-state index contributed by atoms with van der Waals surface area (Å²) in [6, 6.07) is 6.04. The van der Waals surface area contributed by atoms with Crippen molar-refractivity contribution >= 4 is 17.7 Å². The van der Waals surface area contributed by atoms with Gasteiger partial charge in [0.05, 0.1) is 0 Å². The molecular weight excluding hydrogens is 300 g/mol. The van der Waals surface area contributed by atoms with Crippen molar-refractivity contribution in [3.8, 4) is 0 Å². The first kappa shape index (κ1) is 18.8. The quantitative estimate of drug-likeness (QED) is 0.867. The highest BCUT2D eigenvalue weighted by molar-refractivity contribution is 6.31. The van der Waals surface area contributed by atoms with Crippen LogP contribution in [0, 0.1) is 6.92 Å². The molecule has 0 spiro atoms. The number of likely N-dealkylation sites (N-methyl/N-ethyl adjacent to an activating group) is 1. The van der Waals surface area contributed by atoms with Gasteiger partial charge in [-0.25, -0.2) is 4.79 Å². The number of carbonyl (C=O) groups excluding carboxylic acids is 1. The summed E-state index contributed by atoms with van der Waals surface area (Å²) in [6.07, 6.45) is 0.401. The number of hydrogen-bond acceptors (Lipinski definition) is 3. The lowest BCUT2D eigenvalue weighted by molar-refractivity contribution is 0.0498. The first-order valence-electron chi connectivity index (χ1n) is 7.54. The van der Waals surface area contributed by atoms with E-state index in [-0.39, 0.29) is 12.1 Å². The standard InChI is InChI=1S/C17H27ClN2O2/c1-11-9-13(7-8-14(11)18)10-15(19-6)12(2)20-16(21)22-17(3,4)5/h7-9,12,15,19H,10H2,1-6H3,(H,20,21)/t12-,15?/m0/s1. The smallest absolute Gasteiger partial charge is 0.407 e. The normalized spacial score (nSPS) is 14.3. The summed E-state index contributed by atoms with van der Waals surface area (Å²) in [6.45, 7) is 9.51. The molecule has 0 aliphatic rings. The maximum absolute atomic E-state index is 11.9. The van der Waals surface area contributed by atoms with Gasteiger partial charge in [-0.2, -0.15) is 0 Å².